The molecule has 0 spiro atoms. The average molecular weight is 273 g/mol. The van der Waals surface area contributed by atoms with Crippen LogP contribution in [0.25, 0.3) is 10.9 Å². The van der Waals surface area contributed by atoms with Gasteiger partial charge in [0.1, 0.15) is 0 Å². The number of aromatic nitrogens is 2. The number of anilines is 1. The maximum atomic E-state index is 12.2. The van der Waals surface area contributed by atoms with E-state index in [1.165, 1.54) is 11.3 Å². The summed E-state index contributed by atoms with van der Waals surface area (Å²) in [4.78, 5) is 16.2. The molecule has 1 amide bonds. The predicted molar refractivity (Wildman–Crippen MR) is 74.7 cm³/mol. The van der Waals surface area contributed by atoms with E-state index in [1.54, 1.807) is 29.3 Å². The van der Waals surface area contributed by atoms with Gasteiger partial charge in [0, 0.05) is 24.0 Å². The largest absolute Gasteiger partial charge is 0.505 e. The smallest absolute Gasteiger partial charge is 0.277 e. The van der Waals surface area contributed by atoms with E-state index < -0.39 is 0 Å². The number of carbonyl (C=O) groups is 1. The number of para-hydroxylation sites is 1. The van der Waals surface area contributed by atoms with Crippen LogP contribution in [0.15, 0.2) is 35.8 Å². The van der Waals surface area contributed by atoms with Crippen molar-refractivity contribution in [2.45, 2.75) is 0 Å². The number of aromatic hydroxyl groups is 1. The molecule has 0 saturated heterocycles. The number of nitrogens with one attached hydrogen (secondary N) is 1. The first-order chi connectivity index (χ1) is 9.18. The molecule has 0 aliphatic carbocycles. The molecule has 96 valence electrons. The van der Waals surface area contributed by atoms with Gasteiger partial charge in [-0.25, -0.2) is 4.98 Å². The SMILES string of the molecule is Cn1c(C(=O)Nc2nccs2)c(O)c2ccccc21. The number of carbonyl (C=O) groups excluding carboxylic acids is 1. The van der Waals surface area contributed by atoms with Crippen LogP contribution in [0, 0.1) is 0 Å². The van der Waals surface area contributed by atoms with Crippen molar-refractivity contribution in [2.24, 2.45) is 7.05 Å². The number of nitrogens with zero attached hydrogens (tertiary/aromatic N) is 2. The van der Waals surface area contributed by atoms with Gasteiger partial charge in [0.05, 0.1) is 5.52 Å². The monoisotopic (exact) mass is 273 g/mol. The van der Waals surface area contributed by atoms with Crippen LogP contribution in [0.2, 0.25) is 0 Å². The Morgan fingerprint density at radius 3 is 2.89 bits per heavy atom. The molecule has 19 heavy (non-hydrogen) atoms. The lowest BCUT2D eigenvalue weighted by molar-refractivity contribution is 0.101. The lowest BCUT2D eigenvalue weighted by Gasteiger charge is -2.04. The Hall–Kier alpha value is -2.34. The van der Waals surface area contributed by atoms with Crippen molar-refractivity contribution in [2.75, 3.05) is 5.32 Å². The third-order valence-corrected chi connectivity index (χ3v) is 3.64. The van der Waals surface area contributed by atoms with Crippen LogP contribution in [-0.2, 0) is 7.05 Å². The number of fused-ring (bicyclic) bond motifs is 1. The van der Waals surface area contributed by atoms with E-state index in [-0.39, 0.29) is 17.4 Å². The van der Waals surface area contributed by atoms with Gasteiger partial charge >= 0.3 is 0 Å². The molecular formula is C13H11N3O2S. The van der Waals surface area contributed by atoms with Gasteiger partial charge in [0.2, 0.25) is 0 Å². The molecule has 0 fully saturated rings. The Labute approximate surface area is 113 Å². The summed E-state index contributed by atoms with van der Waals surface area (Å²) in [6.45, 7) is 0. The molecular weight excluding hydrogens is 262 g/mol. The summed E-state index contributed by atoms with van der Waals surface area (Å²) in [5, 5.41) is 15.8. The van der Waals surface area contributed by atoms with E-state index >= 15 is 0 Å². The first-order valence-electron chi connectivity index (χ1n) is 5.65. The third-order valence-electron chi connectivity index (χ3n) is 2.95. The van der Waals surface area contributed by atoms with Gasteiger partial charge in [0.15, 0.2) is 16.6 Å². The average Bonchev–Trinajstić information content (AvgIpc) is 2.99. The van der Waals surface area contributed by atoms with Crippen LogP contribution in [-0.4, -0.2) is 20.6 Å². The van der Waals surface area contributed by atoms with E-state index in [4.69, 9.17) is 0 Å². The Balaban J connectivity index is 2.07. The molecule has 0 unspecified atom stereocenters. The number of amides is 1. The fourth-order valence-corrected chi connectivity index (χ4v) is 2.60. The summed E-state index contributed by atoms with van der Waals surface area (Å²) in [6.07, 6.45) is 1.61. The lowest BCUT2D eigenvalue weighted by Crippen LogP contribution is -2.15. The molecule has 2 aromatic heterocycles. The number of rotatable bonds is 2. The van der Waals surface area contributed by atoms with Crippen molar-refractivity contribution in [1.82, 2.24) is 9.55 Å². The van der Waals surface area contributed by atoms with Crippen molar-refractivity contribution >= 4 is 33.3 Å². The molecule has 1 aromatic carbocycles. The highest BCUT2D eigenvalue weighted by atomic mass is 32.1. The van der Waals surface area contributed by atoms with Crippen molar-refractivity contribution in [1.29, 1.82) is 0 Å². The maximum Gasteiger partial charge on any atom is 0.277 e. The van der Waals surface area contributed by atoms with Crippen molar-refractivity contribution in [3.63, 3.8) is 0 Å². The van der Waals surface area contributed by atoms with Gasteiger partial charge in [-0.15, -0.1) is 11.3 Å². The molecule has 0 atom stereocenters. The van der Waals surface area contributed by atoms with Gasteiger partial charge in [0.25, 0.3) is 5.91 Å². The predicted octanol–water partition coefficient (Wildman–Crippen LogP) is 2.59. The zero-order chi connectivity index (χ0) is 13.4. The highest BCUT2D eigenvalue weighted by Gasteiger charge is 2.20. The molecule has 0 saturated carbocycles. The molecule has 2 N–H and O–H groups in total. The van der Waals surface area contributed by atoms with Crippen molar-refractivity contribution in [3.05, 3.63) is 41.5 Å². The van der Waals surface area contributed by atoms with E-state index in [9.17, 15) is 9.90 Å². The minimum Gasteiger partial charge on any atom is -0.505 e. The molecule has 2 heterocycles. The summed E-state index contributed by atoms with van der Waals surface area (Å²) < 4.78 is 1.67. The molecule has 0 aliphatic heterocycles. The van der Waals surface area contributed by atoms with E-state index in [0.717, 1.165) is 5.52 Å². The third kappa shape index (κ3) is 1.86. The van der Waals surface area contributed by atoms with Gasteiger partial charge in [-0.3, -0.25) is 10.1 Å². The fourth-order valence-electron chi connectivity index (χ4n) is 2.07. The molecule has 3 rings (SSSR count). The fraction of sp³-hybridized carbons (Fsp3) is 0.0769. The summed E-state index contributed by atoms with van der Waals surface area (Å²) in [7, 11) is 1.75. The molecule has 0 radical (unpaired) electrons. The number of benzene rings is 1. The van der Waals surface area contributed by atoms with Crippen LogP contribution in [0.3, 0.4) is 0 Å². The van der Waals surface area contributed by atoms with Gasteiger partial charge in [-0.05, 0) is 12.1 Å². The number of hydrogen-bond donors (Lipinski definition) is 2. The Bertz CT molecular complexity index is 708. The Morgan fingerprint density at radius 1 is 1.42 bits per heavy atom. The van der Waals surface area contributed by atoms with Crippen molar-refractivity contribution < 1.29 is 9.90 Å². The number of thiazole rings is 1. The zero-order valence-corrected chi connectivity index (χ0v) is 10.9. The summed E-state index contributed by atoms with van der Waals surface area (Å²) in [5.41, 5.74) is 1.04. The van der Waals surface area contributed by atoms with E-state index in [1.807, 2.05) is 18.2 Å². The van der Waals surface area contributed by atoms with Crippen LogP contribution in [0.5, 0.6) is 5.75 Å². The van der Waals surface area contributed by atoms with Crippen LogP contribution < -0.4 is 5.32 Å². The van der Waals surface area contributed by atoms with Crippen LogP contribution in [0.1, 0.15) is 10.5 Å². The van der Waals surface area contributed by atoms with E-state index in [2.05, 4.69) is 10.3 Å². The quantitative estimate of drug-likeness (QED) is 0.754. The standard InChI is InChI=1S/C13H11N3O2S/c1-16-9-5-3-2-4-8(9)11(17)10(16)12(18)15-13-14-6-7-19-13/h2-7,17H,1H3,(H,14,15,18). The van der Waals surface area contributed by atoms with E-state index in [0.29, 0.717) is 10.5 Å². The van der Waals surface area contributed by atoms with Crippen LogP contribution >= 0.6 is 11.3 Å². The minimum absolute atomic E-state index is 0.00726. The normalized spacial score (nSPS) is 10.8. The molecule has 0 aliphatic rings. The molecule has 0 bridgehead atoms. The summed E-state index contributed by atoms with van der Waals surface area (Å²) in [5.74, 6) is -0.377. The van der Waals surface area contributed by atoms with Gasteiger partial charge in [-0.1, -0.05) is 12.1 Å². The molecule has 5 nitrogen and oxygen atoms in total. The highest BCUT2D eigenvalue weighted by molar-refractivity contribution is 7.13. The zero-order valence-electron chi connectivity index (χ0n) is 10.1. The highest BCUT2D eigenvalue weighted by Crippen LogP contribution is 2.31. The summed E-state index contributed by atoms with van der Waals surface area (Å²) >= 11 is 1.33. The molecule has 6 heteroatoms. The number of hydrogen-bond acceptors (Lipinski definition) is 4. The lowest BCUT2D eigenvalue weighted by atomic mass is 10.2. The topological polar surface area (TPSA) is 67.2 Å². The number of aryl methyl sites for hydroxylation is 1. The van der Waals surface area contributed by atoms with Crippen LogP contribution in [0.4, 0.5) is 5.13 Å². The molecule has 3 aromatic rings. The van der Waals surface area contributed by atoms with Gasteiger partial charge < -0.3 is 9.67 Å². The summed E-state index contributed by atoms with van der Waals surface area (Å²) in [6, 6.07) is 7.33. The first kappa shape index (κ1) is 11.7. The van der Waals surface area contributed by atoms with Gasteiger partial charge in [-0.2, -0.15) is 0 Å². The Morgan fingerprint density at radius 2 is 2.21 bits per heavy atom. The maximum absolute atomic E-state index is 12.2. The second-order valence-electron chi connectivity index (χ2n) is 4.06. The minimum atomic E-state index is -0.369. The second-order valence-corrected chi connectivity index (χ2v) is 4.96. The Kier molecular flexibility index (Phi) is 2.72. The second kappa shape index (κ2) is 4.40. The van der Waals surface area contributed by atoms with Crippen molar-refractivity contribution in [3.8, 4) is 5.75 Å². The first-order valence-corrected chi connectivity index (χ1v) is 6.53.